The van der Waals surface area contributed by atoms with E-state index in [-0.39, 0.29) is 18.0 Å². The Bertz CT molecular complexity index is 588. The van der Waals surface area contributed by atoms with Gasteiger partial charge in [-0.05, 0) is 31.9 Å². The van der Waals surface area contributed by atoms with Gasteiger partial charge in [-0.25, -0.2) is 0 Å². The van der Waals surface area contributed by atoms with Gasteiger partial charge < -0.3 is 19.7 Å². The van der Waals surface area contributed by atoms with Crippen molar-refractivity contribution in [2.45, 2.75) is 25.0 Å². The third-order valence-corrected chi connectivity index (χ3v) is 5.23. The first-order chi connectivity index (χ1) is 10.6. The Balaban J connectivity index is 1.55. The second kappa shape index (κ2) is 6.75. The molecule has 118 valence electrons. The fourth-order valence-electron chi connectivity index (χ4n) is 2.40. The number of nitrogens with zero attached hydrogens (tertiary/aromatic N) is 1. The van der Waals surface area contributed by atoms with Crippen molar-refractivity contribution in [1.29, 1.82) is 0 Å². The Morgan fingerprint density at radius 2 is 2.05 bits per heavy atom. The van der Waals surface area contributed by atoms with E-state index in [0.29, 0.717) is 17.2 Å². The molecule has 1 amide bonds. The summed E-state index contributed by atoms with van der Waals surface area (Å²) in [5.74, 6) is 1.30. The van der Waals surface area contributed by atoms with Gasteiger partial charge in [0, 0.05) is 24.8 Å². The van der Waals surface area contributed by atoms with Crippen LogP contribution in [0.3, 0.4) is 0 Å². The van der Waals surface area contributed by atoms with Crippen LogP contribution in [0.15, 0.2) is 18.2 Å². The first-order valence-electron chi connectivity index (χ1n) is 7.29. The van der Waals surface area contributed by atoms with E-state index in [1.165, 1.54) is 24.6 Å². The van der Waals surface area contributed by atoms with Crippen LogP contribution in [0.2, 0.25) is 0 Å². The molecular weight excluding hydrogens is 320 g/mol. The van der Waals surface area contributed by atoms with Gasteiger partial charge in [0.15, 0.2) is 11.5 Å². The average molecular weight is 338 g/mol. The van der Waals surface area contributed by atoms with Crippen molar-refractivity contribution in [1.82, 2.24) is 4.90 Å². The maximum Gasteiger partial charge on any atom is 0.237 e. The van der Waals surface area contributed by atoms with Crippen molar-refractivity contribution in [3.63, 3.8) is 0 Å². The van der Waals surface area contributed by atoms with E-state index in [0.717, 1.165) is 17.4 Å². The Kier molecular flexibility index (Phi) is 4.73. The molecule has 22 heavy (non-hydrogen) atoms. The zero-order valence-corrected chi connectivity index (χ0v) is 14.0. The summed E-state index contributed by atoms with van der Waals surface area (Å²) in [6.45, 7) is 4.10. The number of rotatable bonds is 3. The molecule has 2 heterocycles. The smallest absolute Gasteiger partial charge is 0.237 e. The maximum absolute atomic E-state index is 12.3. The summed E-state index contributed by atoms with van der Waals surface area (Å²) in [6.07, 6.45) is 2.36. The molecule has 1 aromatic rings. The molecular formula is C15H18N2O3S2. The van der Waals surface area contributed by atoms with E-state index in [9.17, 15) is 4.79 Å². The first kappa shape index (κ1) is 15.4. The lowest BCUT2D eigenvalue weighted by Gasteiger charge is -2.20. The van der Waals surface area contributed by atoms with Crippen LogP contribution in [0.25, 0.3) is 0 Å². The summed E-state index contributed by atoms with van der Waals surface area (Å²) in [7, 11) is 0. The molecule has 5 nitrogen and oxygen atoms in total. The topological polar surface area (TPSA) is 50.8 Å². The lowest BCUT2D eigenvalue weighted by molar-refractivity contribution is -0.115. The van der Waals surface area contributed by atoms with Gasteiger partial charge in [0.1, 0.15) is 4.32 Å². The van der Waals surface area contributed by atoms with Gasteiger partial charge in [-0.2, -0.15) is 0 Å². The maximum atomic E-state index is 12.3. The van der Waals surface area contributed by atoms with E-state index >= 15 is 0 Å². The van der Waals surface area contributed by atoms with Crippen molar-refractivity contribution in [2.75, 3.05) is 25.2 Å². The van der Waals surface area contributed by atoms with Crippen molar-refractivity contribution in [2.24, 2.45) is 0 Å². The Hall–Kier alpha value is -1.47. The Morgan fingerprint density at radius 1 is 1.32 bits per heavy atom. The second-order valence-corrected chi connectivity index (χ2v) is 7.25. The number of fused-ring (bicyclic) bond motifs is 1. The molecule has 0 aliphatic carbocycles. The van der Waals surface area contributed by atoms with E-state index in [1.807, 2.05) is 13.0 Å². The number of amides is 1. The number of anilines is 1. The van der Waals surface area contributed by atoms with Crippen molar-refractivity contribution in [3.05, 3.63) is 18.2 Å². The number of carbonyl (C=O) groups excluding carboxylic acids is 1. The average Bonchev–Trinajstić information content (AvgIpc) is 3.18. The number of hydrogen-bond donors (Lipinski definition) is 1. The van der Waals surface area contributed by atoms with E-state index in [1.54, 1.807) is 12.1 Å². The van der Waals surface area contributed by atoms with E-state index < -0.39 is 0 Å². The fraction of sp³-hybridized carbons (Fsp3) is 0.467. The van der Waals surface area contributed by atoms with Crippen molar-refractivity contribution in [3.8, 4) is 11.5 Å². The summed E-state index contributed by atoms with van der Waals surface area (Å²) in [6, 6.07) is 5.38. The summed E-state index contributed by atoms with van der Waals surface area (Å²) in [4.78, 5) is 14.5. The molecule has 1 N–H and O–H groups in total. The van der Waals surface area contributed by atoms with Gasteiger partial charge >= 0.3 is 0 Å². The number of benzene rings is 1. The van der Waals surface area contributed by atoms with Crippen LogP contribution in [0.1, 0.15) is 19.8 Å². The van der Waals surface area contributed by atoms with Crippen LogP contribution in [0, 0.1) is 0 Å². The molecule has 2 aliphatic rings. The second-order valence-electron chi connectivity index (χ2n) is 5.28. The van der Waals surface area contributed by atoms with Crippen LogP contribution in [0.5, 0.6) is 11.5 Å². The number of hydrogen-bond acceptors (Lipinski definition) is 5. The van der Waals surface area contributed by atoms with Gasteiger partial charge in [-0.1, -0.05) is 24.0 Å². The van der Waals surface area contributed by atoms with Crippen LogP contribution in [0.4, 0.5) is 5.69 Å². The lowest BCUT2D eigenvalue weighted by Crippen LogP contribution is -2.29. The van der Waals surface area contributed by atoms with Gasteiger partial charge in [0.25, 0.3) is 0 Å². The fourth-order valence-corrected chi connectivity index (χ4v) is 3.81. The van der Waals surface area contributed by atoms with Crippen molar-refractivity contribution < 1.29 is 14.3 Å². The number of ether oxygens (including phenoxy) is 2. The van der Waals surface area contributed by atoms with Crippen LogP contribution >= 0.6 is 24.0 Å². The molecule has 7 heteroatoms. The number of thiocarbonyl (C=S) groups is 1. The SMILES string of the molecule is C[C@H](SC(=S)N1CCCC1)C(=O)Nc1ccc2c(c1)OCO2. The number of carbonyl (C=O) groups is 1. The number of likely N-dealkylation sites (tertiary alicyclic amines) is 1. The molecule has 0 saturated carbocycles. The third kappa shape index (κ3) is 3.47. The quantitative estimate of drug-likeness (QED) is 0.856. The predicted molar refractivity (Wildman–Crippen MR) is 91.7 cm³/mol. The largest absolute Gasteiger partial charge is 0.454 e. The molecule has 1 saturated heterocycles. The monoisotopic (exact) mass is 338 g/mol. The Labute approximate surface area is 139 Å². The summed E-state index contributed by atoms with van der Waals surface area (Å²) >= 11 is 6.85. The summed E-state index contributed by atoms with van der Waals surface area (Å²) in [5.41, 5.74) is 0.703. The van der Waals surface area contributed by atoms with Crippen molar-refractivity contribution >= 4 is 39.9 Å². The minimum atomic E-state index is -0.237. The lowest BCUT2D eigenvalue weighted by atomic mass is 10.2. The first-order valence-corrected chi connectivity index (χ1v) is 8.58. The Morgan fingerprint density at radius 3 is 2.82 bits per heavy atom. The molecule has 0 unspecified atom stereocenters. The molecule has 0 aromatic heterocycles. The summed E-state index contributed by atoms with van der Waals surface area (Å²) in [5, 5.41) is 2.66. The highest BCUT2D eigenvalue weighted by Crippen LogP contribution is 2.34. The van der Waals surface area contributed by atoms with E-state index in [4.69, 9.17) is 21.7 Å². The highest BCUT2D eigenvalue weighted by Gasteiger charge is 2.22. The number of nitrogens with one attached hydrogen (secondary N) is 1. The van der Waals surface area contributed by atoms with Gasteiger partial charge in [-0.3, -0.25) is 4.79 Å². The molecule has 2 aliphatic heterocycles. The molecule has 1 fully saturated rings. The third-order valence-electron chi connectivity index (χ3n) is 3.65. The zero-order chi connectivity index (χ0) is 15.5. The molecule has 3 rings (SSSR count). The van der Waals surface area contributed by atoms with E-state index in [2.05, 4.69) is 10.2 Å². The summed E-state index contributed by atoms with van der Waals surface area (Å²) < 4.78 is 11.4. The predicted octanol–water partition coefficient (Wildman–Crippen LogP) is 2.86. The van der Waals surface area contributed by atoms with Gasteiger partial charge in [-0.15, -0.1) is 0 Å². The van der Waals surface area contributed by atoms with Crippen LogP contribution in [-0.4, -0.2) is 40.3 Å². The van der Waals surface area contributed by atoms with Crippen LogP contribution in [-0.2, 0) is 4.79 Å². The van der Waals surface area contributed by atoms with Gasteiger partial charge in [0.2, 0.25) is 12.7 Å². The van der Waals surface area contributed by atoms with Gasteiger partial charge in [0.05, 0.1) is 5.25 Å². The number of thioether (sulfide) groups is 1. The molecule has 1 aromatic carbocycles. The molecule has 0 spiro atoms. The van der Waals surface area contributed by atoms with Crippen LogP contribution < -0.4 is 14.8 Å². The molecule has 0 bridgehead atoms. The molecule has 0 radical (unpaired) electrons. The highest BCUT2D eigenvalue weighted by molar-refractivity contribution is 8.23. The molecule has 1 atom stereocenters. The highest BCUT2D eigenvalue weighted by atomic mass is 32.2. The zero-order valence-electron chi connectivity index (χ0n) is 12.3. The minimum absolute atomic E-state index is 0.0644. The standard InChI is InChI=1S/C15H18N2O3S2/c1-10(22-15(21)17-6-2-3-7-17)14(18)16-11-4-5-12-13(8-11)20-9-19-12/h4-5,8,10H,2-3,6-7,9H2,1H3,(H,16,18)/t10-/m0/s1. The minimum Gasteiger partial charge on any atom is -0.454 e. The normalized spacial score (nSPS) is 17.4.